The number of carbonyl (C=O) groups excluding carboxylic acids is 2. The maximum absolute atomic E-state index is 13.5. The Morgan fingerprint density at radius 1 is 0.950 bits per heavy atom. The molecule has 0 bridgehead atoms. The molecule has 1 N–H and O–H groups in total. The molecule has 3 fully saturated rings. The molecular weight excluding hydrogens is 502 g/mol. The van der Waals surface area contributed by atoms with Crippen LogP contribution in [0.15, 0.2) is 48.5 Å². The fourth-order valence-corrected chi connectivity index (χ4v) is 6.89. The molecule has 1 saturated carbocycles. The van der Waals surface area contributed by atoms with Gasteiger partial charge in [0.15, 0.2) is 0 Å². The number of ether oxygens (including phenoxy) is 2. The first kappa shape index (κ1) is 28.5. The van der Waals surface area contributed by atoms with Crippen LogP contribution < -0.4 is 14.8 Å². The van der Waals surface area contributed by atoms with Gasteiger partial charge in [0.05, 0.1) is 25.7 Å². The van der Waals surface area contributed by atoms with E-state index in [2.05, 4.69) is 16.3 Å². The lowest BCUT2D eigenvalue weighted by Crippen LogP contribution is -2.45. The van der Waals surface area contributed by atoms with Crippen molar-refractivity contribution in [2.45, 2.75) is 70.4 Å². The molecule has 0 radical (unpaired) electrons. The van der Waals surface area contributed by atoms with Crippen molar-refractivity contribution in [1.82, 2.24) is 15.1 Å². The molecule has 5 rings (SSSR count). The van der Waals surface area contributed by atoms with Crippen LogP contribution in [0.25, 0.3) is 0 Å². The SMILES string of the molecule is COc1ccc(CN2CCC3(CCN(CCC(NC(=O)C4CCCCC4)c4ccccc4OC)CC3)C2=O)cc1. The van der Waals surface area contributed by atoms with Crippen molar-refractivity contribution in [3.05, 3.63) is 59.7 Å². The standard InChI is InChI=1S/C33H45N3O4/c1-39-27-14-12-25(13-15-27)24-36-23-19-33(32(36)38)17-21-35(22-18-33)20-16-29(28-10-6-7-11-30(28)40-2)34-31(37)26-8-4-3-5-9-26/h6-7,10-15,26,29H,3-5,8-9,16-24H2,1-2H3,(H,34,37). The van der Waals surface area contributed by atoms with Gasteiger partial charge in [-0.25, -0.2) is 0 Å². The van der Waals surface area contributed by atoms with Crippen molar-refractivity contribution in [1.29, 1.82) is 0 Å². The van der Waals surface area contributed by atoms with E-state index in [1.165, 1.54) is 6.42 Å². The lowest BCUT2D eigenvalue weighted by Gasteiger charge is -2.38. The molecule has 1 aliphatic carbocycles. The zero-order chi connectivity index (χ0) is 28.0. The van der Waals surface area contributed by atoms with Gasteiger partial charge in [-0.05, 0) is 75.4 Å². The van der Waals surface area contributed by atoms with Gasteiger partial charge in [0, 0.05) is 31.1 Å². The molecular formula is C33H45N3O4. The van der Waals surface area contributed by atoms with Gasteiger partial charge in [0.1, 0.15) is 11.5 Å². The fraction of sp³-hybridized carbons (Fsp3) is 0.576. The van der Waals surface area contributed by atoms with Crippen LogP contribution in [0.1, 0.15) is 75.0 Å². The van der Waals surface area contributed by atoms with Crippen LogP contribution in [-0.4, -0.2) is 62.0 Å². The van der Waals surface area contributed by atoms with E-state index in [4.69, 9.17) is 9.47 Å². The monoisotopic (exact) mass is 547 g/mol. The molecule has 40 heavy (non-hydrogen) atoms. The van der Waals surface area contributed by atoms with E-state index in [0.717, 1.165) is 100 Å². The van der Waals surface area contributed by atoms with Gasteiger partial charge in [-0.1, -0.05) is 49.6 Å². The first-order valence-corrected chi connectivity index (χ1v) is 15.1. The predicted molar refractivity (Wildman–Crippen MR) is 156 cm³/mol. The third-order valence-corrected chi connectivity index (χ3v) is 9.49. The van der Waals surface area contributed by atoms with Gasteiger partial charge >= 0.3 is 0 Å². The van der Waals surface area contributed by atoms with Crippen LogP contribution in [0.2, 0.25) is 0 Å². The van der Waals surface area contributed by atoms with E-state index in [9.17, 15) is 9.59 Å². The van der Waals surface area contributed by atoms with E-state index in [1.54, 1.807) is 14.2 Å². The number of likely N-dealkylation sites (tertiary alicyclic amines) is 2. The number of benzene rings is 2. The van der Waals surface area contributed by atoms with Crippen LogP contribution in [0.3, 0.4) is 0 Å². The number of hydrogen-bond acceptors (Lipinski definition) is 5. The quantitative estimate of drug-likeness (QED) is 0.435. The molecule has 2 saturated heterocycles. The van der Waals surface area contributed by atoms with Crippen LogP contribution in [0, 0.1) is 11.3 Å². The minimum Gasteiger partial charge on any atom is -0.497 e. The highest BCUT2D eigenvalue weighted by atomic mass is 16.5. The summed E-state index contributed by atoms with van der Waals surface area (Å²) in [6, 6.07) is 16.0. The topological polar surface area (TPSA) is 71.1 Å². The summed E-state index contributed by atoms with van der Waals surface area (Å²) in [4.78, 5) is 31.3. The van der Waals surface area contributed by atoms with E-state index in [-0.39, 0.29) is 23.3 Å². The average Bonchev–Trinajstić information content (AvgIpc) is 3.30. The smallest absolute Gasteiger partial charge is 0.229 e. The lowest BCUT2D eigenvalue weighted by molar-refractivity contribution is -0.139. The van der Waals surface area contributed by atoms with Crippen molar-refractivity contribution >= 4 is 11.8 Å². The first-order chi connectivity index (χ1) is 19.5. The van der Waals surface area contributed by atoms with Crippen molar-refractivity contribution < 1.29 is 19.1 Å². The Morgan fingerprint density at radius 2 is 1.65 bits per heavy atom. The summed E-state index contributed by atoms with van der Waals surface area (Å²) >= 11 is 0. The Kier molecular flexibility index (Phi) is 9.30. The van der Waals surface area contributed by atoms with Crippen LogP contribution in [0.5, 0.6) is 11.5 Å². The Hall–Kier alpha value is -3.06. The van der Waals surface area contributed by atoms with Crippen molar-refractivity contribution in [3.63, 3.8) is 0 Å². The molecule has 7 heteroatoms. The maximum Gasteiger partial charge on any atom is 0.229 e. The normalized spacial score (nSPS) is 20.4. The second-order valence-electron chi connectivity index (χ2n) is 11.9. The highest BCUT2D eigenvalue weighted by Crippen LogP contribution is 2.42. The zero-order valence-corrected chi connectivity index (χ0v) is 24.2. The molecule has 3 aliphatic rings. The van der Waals surface area contributed by atoms with Crippen molar-refractivity contribution in [2.75, 3.05) is 40.4 Å². The molecule has 1 atom stereocenters. The summed E-state index contributed by atoms with van der Waals surface area (Å²) in [7, 11) is 3.36. The number of methoxy groups -OCH3 is 2. The highest BCUT2D eigenvalue weighted by Gasteiger charge is 2.47. The zero-order valence-electron chi connectivity index (χ0n) is 24.2. The number of amides is 2. The fourth-order valence-electron chi connectivity index (χ4n) is 6.89. The second-order valence-corrected chi connectivity index (χ2v) is 11.9. The van der Waals surface area contributed by atoms with Gasteiger partial charge in [0.2, 0.25) is 11.8 Å². The first-order valence-electron chi connectivity index (χ1n) is 15.1. The van der Waals surface area contributed by atoms with Gasteiger partial charge in [-0.15, -0.1) is 0 Å². The number of para-hydroxylation sites is 1. The molecule has 216 valence electrons. The molecule has 2 aromatic carbocycles. The average molecular weight is 548 g/mol. The van der Waals surface area contributed by atoms with Gasteiger partial charge < -0.3 is 24.6 Å². The number of hydrogen-bond donors (Lipinski definition) is 1. The largest absolute Gasteiger partial charge is 0.497 e. The maximum atomic E-state index is 13.5. The highest BCUT2D eigenvalue weighted by molar-refractivity contribution is 5.85. The summed E-state index contributed by atoms with van der Waals surface area (Å²) in [6.45, 7) is 4.20. The number of nitrogens with one attached hydrogen (secondary N) is 1. The molecule has 1 unspecified atom stereocenters. The number of rotatable bonds is 10. The van der Waals surface area contributed by atoms with Gasteiger partial charge in [-0.2, -0.15) is 0 Å². The van der Waals surface area contributed by atoms with E-state index < -0.39 is 0 Å². The molecule has 1 spiro atoms. The van der Waals surface area contributed by atoms with E-state index >= 15 is 0 Å². The minimum absolute atomic E-state index is 0.0884. The van der Waals surface area contributed by atoms with Crippen LogP contribution >= 0.6 is 0 Å². The second kappa shape index (κ2) is 13.1. The third-order valence-electron chi connectivity index (χ3n) is 9.49. The Morgan fingerprint density at radius 3 is 2.35 bits per heavy atom. The Balaban J connectivity index is 1.17. The van der Waals surface area contributed by atoms with Gasteiger partial charge in [-0.3, -0.25) is 9.59 Å². The van der Waals surface area contributed by atoms with E-state index in [0.29, 0.717) is 12.5 Å². The van der Waals surface area contributed by atoms with Crippen LogP contribution in [-0.2, 0) is 16.1 Å². The molecule has 2 heterocycles. The molecule has 2 aliphatic heterocycles. The molecule has 7 nitrogen and oxygen atoms in total. The minimum atomic E-state index is -0.222. The Labute approximate surface area is 239 Å². The van der Waals surface area contributed by atoms with E-state index in [1.807, 2.05) is 47.4 Å². The summed E-state index contributed by atoms with van der Waals surface area (Å²) in [6.07, 6.45) is 9.06. The van der Waals surface area contributed by atoms with Crippen molar-refractivity contribution in [2.24, 2.45) is 11.3 Å². The summed E-state index contributed by atoms with van der Waals surface area (Å²) < 4.78 is 10.9. The number of nitrogens with zero attached hydrogens (tertiary/aromatic N) is 2. The summed E-state index contributed by atoms with van der Waals surface area (Å²) in [5, 5.41) is 3.39. The molecule has 2 aromatic rings. The van der Waals surface area contributed by atoms with Crippen molar-refractivity contribution in [3.8, 4) is 11.5 Å². The Bertz CT molecular complexity index is 1140. The third kappa shape index (κ3) is 6.46. The summed E-state index contributed by atoms with van der Waals surface area (Å²) in [5.74, 6) is 2.27. The summed E-state index contributed by atoms with van der Waals surface area (Å²) in [5.41, 5.74) is 1.96. The predicted octanol–water partition coefficient (Wildman–Crippen LogP) is 5.35. The number of carbonyl (C=O) groups is 2. The molecule has 0 aromatic heterocycles. The number of piperidine rings is 1. The van der Waals surface area contributed by atoms with Gasteiger partial charge in [0.25, 0.3) is 0 Å². The van der Waals surface area contributed by atoms with Crippen LogP contribution in [0.4, 0.5) is 0 Å². The lowest BCUT2D eigenvalue weighted by atomic mass is 9.77. The molecule has 2 amide bonds.